The van der Waals surface area contributed by atoms with Gasteiger partial charge in [-0.3, -0.25) is 9.59 Å². The molecule has 5 nitrogen and oxygen atoms in total. The van der Waals surface area contributed by atoms with Crippen LogP contribution in [0, 0.1) is 6.92 Å². The van der Waals surface area contributed by atoms with Crippen molar-refractivity contribution in [2.45, 2.75) is 25.7 Å². The summed E-state index contributed by atoms with van der Waals surface area (Å²) in [5.41, 5.74) is 0.785. The summed E-state index contributed by atoms with van der Waals surface area (Å²) in [6.45, 7) is 1.54. The molecule has 0 saturated carbocycles. The SMILES string of the molecule is COc1cccc(C2/C(=C(\O)c3ccc(Br)c(C)c3)C(=O)C(=O)N2Cc2cccc(C(F)(F)F)c2)c1. The Balaban J connectivity index is 1.87. The van der Waals surface area contributed by atoms with Gasteiger partial charge < -0.3 is 14.7 Å². The van der Waals surface area contributed by atoms with E-state index in [1.807, 2.05) is 6.92 Å². The number of amides is 1. The number of likely N-dealkylation sites (tertiary alicyclic amines) is 1. The number of aliphatic hydroxyl groups is 1. The van der Waals surface area contributed by atoms with Gasteiger partial charge in [-0.25, -0.2) is 0 Å². The molecule has 1 atom stereocenters. The summed E-state index contributed by atoms with van der Waals surface area (Å²) in [5.74, 6) is -1.76. The lowest BCUT2D eigenvalue weighted by atomic mass is 9.94. The van der Waals surface area contributed by atoms with Crippen molar-refractivity contribution >= 4 is 33.4 Å². The van der Waals surface area contributed by atoms with Crippen molar-refractivity contribution in [3.63, 3.8) is 0 Å². The first kappa shape index (κ1) is 25.5. The molecule has 1 N–H and O–H groups in total. The van der Waals surface area contributed by atoms with Gasteiger partial charge in [0.1, 0.15) is 11.5 Å². The van der Waals surface area contributed by atoms with Crippen LogP contribution in [0.4, 0.5) is 13.2 Å². The van der Waals surface area contributed by atoms with Gasteiger partial charge in [0.25, 0.3) is 11.7 Å². The number of carbonyl (C=O) groups is 2. The number of nitrogens with zero attached hydrogens (tertiary/aromatic N) is 1. The van der Waals surface area contributed by atoms with E-state index in [0.717, 1.165) is 22.2 Å². The molecule has 1 unspecified atom stereocenters. The second-order valence-corrected chi connectivity index (χ2v) is 9.22. The average Bonchev–Trinajstić information content (AvgIpc) is 3.10. The Morgan fingerprint density at radius 2 is 1.78 bits per heavy atom. The van der Waals surface area contributed by atoms with E-state index in [1.54, 1.807) is 42.5 Å². The zero-order chi connectivity index (χ0) is 26.2. The highest BCUT2D eigenvalue weighted by molar-refractivity contribution is 9.10. The topological polar surface area (TPSA) is 66.8 Å². The summed E-state index contributed by atoms with van der Waals surface area (Å²) in [6.07, 6.45) is -4.56. The van der Waals surface area contributed by atoms with E-state index in [0.29, 0.717) is 16.9 Å². The maximum absolute atomic E-state index is 13.3. The lowest BCUT2D eigenvalue weighted by Gasteiger charge is -2.26. The van der Waals surface area contributed by atoms with E-state index in [1.165, 1.54) is 24.1 Å². The largest absolute Gasteiger partial charge is 0.507 e. The highest BCUT2D eigenvalue weighted by Crippen LogP contribution is 2.41. The molecule has 36 heavy (non-hydrogen) atoms. The third-order valence-corrected chi connectivity index (χ3v) is 6.88. The van der Waals surface area contributed by atoms with E-state index in [4.69, 9.17) is 4.74 Å². The van der Waals surface area contributed by atoms with Crippen molar-refractivity contribution < 1.29 is 32.6 Å². The molecular formula is C27H21BrF3NO4. The van der Waals surface area contributed by atoms with Crippen LogP contribution in [0.2, 0.25) is 0 Å². The molecule has 1 aliphatic heterocycles. The number of benzene rings is 3. The number of aliphatic hydroxyl groups excluding tert-OH is 1. The van der Waals surface area contributed by atoms with Gasteiger partial charge in [-0.05, 0) is 60.0 Å². The second-order valence-electron chi connectivity index (χ2n) is 8.37. The number of ether oxygens (including phenoxy) is 1. The minimum Gasteiger partial charge on any atom is -0.507 e. The van der Waals surface area contributed by atoms with Gasteiger partial charge in [-0.1, -0.05) is 46.3 Å². The van der Waals surface area contributed by atoms with Crippen LogP contribution in [0.5, 0.6) is 5.75 Å². The Kier molecular flexibility index (Phi) is 6.95. The summed E-state index contributed by atoms with van der Waals surface area (Å²) < 4.78 is 45.9. The number of alkyl halides is 3. The van der Waals surface area contributed by atoms with Crippen LogP contribution in [-0.4, -0.2) is 28.8 Å². The summed E-state index contributed by atoms with van der Waals surface area (Å²) >= 11 is 3.39. The van der Waals surface area contributed by atoms with Crippen LogP contribution < -0.4 is 4.74 Å². The maximum atomic E-state index is 13.3. The van der Waals surface area contributed by atoms with E-state index in [9.17, 15) is 27.9 Å². The van der Waals surface area contributed by atoms with Gasteiger partial charge in [0.15, 0.2) is 0 Å². The summed E-state index contributed by atoms with van der Waals surface area (Å²) in [7, 11) is 1.46. The minimum absolute atomic E-state index is 0.151. The van der Waals surface area contributed by atoms with Crippen LogP contribution in [0.3, 0.4) is 0 Å². The number of aryl methyl sites for hydroxylation is 1. The fourth-order valence-electron chi connectivity index (χ4n) is 4.19. The van der Waals surface area contributed by atoms with Crippen molar-refractivity contribution in [2.24, 2.45) is 0 Å². The molecule has 0 aliphatic carbocycles. The van der Waals surface area contributed by atoms with Gasteiger partial charge in [0.05, 0.1) is 24.3 Å². The lowest BCUT2D eigenvalue weighted by Crippen LogP contribution is -2.29. The van der Waals surface area contributed by atoms with Gasteiger partial charge in [-0.2, -0.15) is 13.2 Å². The molecule has 1 fully saturated rings. The van der Waals surface area contributed by atoms with Crippen molar-refractivity contribution in [1.29, 1.82) is 0 Å². The van der Waals surface area contributed by atoms with Crippen molar-refractivity contribution in [1.82, 2.24) is 4.90 Å². The van der Waals surface area contributed by atoms with E-state index < -0.39 is 29.5 Å². The van der Waals surface area contributed by atoms with Gasteiger partial charge in [0, 0.05) is 16.6 Å². The summed E-state index contributed by atoms with van der Waals surface area (Å²) in [4.78, 5) is 27.5. The second kappa shape index (κ2) is 9.81. The predicted molar refractivity (Wildman–Crippen MR) is 131 cm³/mol. The minimum atomic E-state index is -4.56. The Labute approximate surface area is 213 Å². The molecule has 0 spiro atoms. The highest BCUT2D eigenvalue weighted by atomic mass is 79.9. The first-order chi connectivity index (χ1) is 17.0. The van der Waals surface area contributed by atoms with Gasteiger partial charge in [0.2, 0.25) is 0 Å². The third kappa shape index (κ3) is 4.88. The fraction of sp³-hybridized carbons (Fsp3) is 0.185. The Morgan fingerprint density at radius 1 is 1.06 bits per heavy atom. The van der Waals surface area contributed by atoms with E-state index >= 15 is 0 Å². The number of carbonyl (C=O) groups excluding carboxylic acids is 2. The van der Waals surface area contributed by atoms with Crippen LogP contribution in [0.1, 0.15) is 33.9 Å². The van der Waals surface area contributed by atoms with Crippen LogP contribution in [0.15, 0.2) is 76.8 Å². The maximum Gasteiger partial charge on any atom is 0.416 e. The molecule has 0 radical (unpaired) electrons. The van der Waals surface area contributed by atoms with E-state index in [2.05, 4.69) is 15.9 Å². The fourth-order valence-corrected chi connectivity index (χ4v) is 4.44. The zero-order valence-corrected chi connectivity index (χ0v) is 20.9. The van der Waals surface area contributed by atoms with Crippen molar-refractivity contribution in [3.8, 4) is 5.75 Å². The van der Waals surface area contributed by atoms with Crippen molar-refractivity contribution in [2.75, 3.05) is 7.11 Å². The summed E-state index contributed by atoms with van der Waals surface area (Å²) in [6, 6.07) is 15.2. The number of rotatable bonds is 5. The molecule has 0 aromatic heterocycles. The quantitative estimate of drug-likeness (QED) is 0.223. The molecule has 3 aromatic rings. The molecule has 1 aliphatic rings. The molecule has 9 heteroatoms. The molecule has 0 bridgehead atoms. The molecular weight excluding hydrogens is 539 g/mol. The summed E-state index contributed by atoms with van der Waals surface area (Å²) in [5, 5.41) is 11.2. The van der Waals surface area contributed by atoms with Crippen molar-refractivity contribution in [3.05, 3.63) is 105 Å². The third-order valence-electron chi connectivity index (χ3n) is 5.99. The number of Topliss-reactive ketones (excluding diaryl/α,β-unsaturated/α-hetero) is 1. The number of halogens is 4. The molecule has 186 valence electrons. The van der Waals surface area contributed by atoms with E-state index in [-0.39, 0.29) is 23.4 Å². The molecule has 1 amide bonds. The standard InChI is InChI=1S/C27H21BrF3NO4/c1-15-11-18(9-10-21(15)28)24(33)22-23(17-6-4-8-20(13-17)36-2)32(26(35)25(22)34)14-16-5-3-7-19(12-16)27(29,30)31/h3-13,23,33H,14H2,1-2H3/b24-22+. The molecule has 1 heterocycles. The normalized spacial score (nSPS) is 17.5. The monoisotopic (exact) mass is 559 g/mol. The Hall–Kier alpha value is -3.59. The Bertz CT molecular complexity index is 1380. The molecule has 4 rings (SSSR count). The van der Waals surface area contributed by atoms with Crippen LogP contribution >= 0.6 is 15.9 Å². The van der Waals surface area contributed by atoms with Gasteiger partial charge >= 0.3 is 6.18 Å². The number of hydrogen-bond donors (Lipinski definition) is 1. The lowest BCUT2D eigenvalue weighted by molar-refractivity contribution is -0.140. The van der Waals surface area contributed by atoms with Gasteiger partial charge in [-0.15, -0.1) is 0 Å². The number of hydrogen-bond acceptors (Lipinski definition) is 4. The highest BCUT2D eigenvalue weighted by Gasteiger charge is 2.46. The molecule has 3 aromatic carbocycles. The predicted octanol–water partition coefficient (Wildman–Crippen LogP) is 6.41. The smallest absolute Gasteiger partial charge is 0.416 e. The average molecular weight is 560 g/mol. The number of ketones is 1. The van der Waals surface area contributed by atoms with Crippen LogP contribution in [-0.2, 0) is 22.3 Å². The first-order valence-electron chi connectivity index (χ1n) is 10.9. The Morgan fingerprint density at radius 3 is 2.44 bits per heavy atom. The molecule has 1 saturated heterocycles. The zero-order valence-electron chi connectivity index (χ0n) is 19.3. The first-order valence-corrected chi connectivity index (χ1v) is 11.7. The number of methoxy groups -OCH3 is 1. The van der Waals surface area contributed by atoms with Crippen LogP contribution in [0.25, 0.3) is 5.76 Å².